The zero-order valence-electron chi connectivity index (χ0n) is 17.4. The van der Waals surface area contributed by atoms with Gasteiger partial charge in [0.15, 0.2) is 5.82 Å². The molecule has 1 saturated heterocycles. The lowest BCUT2D eigenvalue weighted by Gasteiger charge is -2.14. The highest BCUT2D eigenvalue weighted by Gasteiger charge is 2.56. The molecule has 1 saturated carbocycles. The fourth-order valence-electron chi connectivity index (χ4n) is 3.42. The molecule has 1 heterocycles. The van der Waals surface area contributed by atoms with Crippen LogP contribution in [0, 0.1) is 23.5 Å². The first kappa shape index (κ1) is 24.7. The van der Waals surface area contributed by atoms with Crippen LogP contribution in [0.4, 0.5) is 25.8 Å². The topological polar surface area (TPSA) is 96.5 Å². The van der Waals surface area contributed by atoms with Crippen molar-refractivity contribution in [3.63, 3.8) is 0 Å². The Morgan fingerprint density at radius 2 is 1.76 bits per heavy atom. The molecule has 4 rings (SSSR count). The highest BCUT2D eigenvalue weighted by Crippen LogP contribution is 2.53. The Bertz CT molecular complexity index is 1170. The minimum Gasteiger partial charge on any atom is -0.381 e. The molecule has 1 aliphatic carbocycles. The number of hydrogen-bond donors (Lipinski definition) is 3. The fourth-order valence-corrected chi connectivity index (χ4v) is 4.13. The molecule has 3 N–H and O–H groups in total. The van der Waals surface area contributed by atoms with Crippen LogP contribution < -0.4 is 16.0 Å². The van der Waals surface area contributed by atoms with E-state index in [9.17, 15) is 23.2 Å². The van der Waals surface area contributed by atoms with Crippen LogP contribution in [-0.4, -0.2) is 35.3 Å². The SMILES string of the molecule is O=C(Nc1ccc(F)c(NC(=O)C2CCOC2)c1F)c1cc(NC(=O)C2CC2(Cl)Cl)ccc1Cl. The highest BCUT2D eigenvalue weighted by molar-refractivity contribution is 6.52. The van der Waals surface area contributed by atoms with Gasteiger partial charge in [-0.25, -0.2) is 8.78 Å². The van der Waals surface area contributed by atoms with Crippen LogP contribution in [0.1, 0.15) is 23.2 Å². The molecule has 2 aromatic carbocycles. The number of carbonyl (C=O) groups excluding carboxylic acids is 3. The molecule has 0 radical (unpaired) electrons. The Hall–Kier alpha value is -2.46. The van der Waals surface area contributed by atoms with Crippen LogP contribution in [0.5, 0.6) is 0 Å². The lowest BCUT2D eigenvalue weighted by Crippen LogP contribution is -2.24. The van der Waals surface area contributed by atoms with E-state index in [0.717, 1.165) is 12.1 Å². The van der Waals surface area contributed by atoms with E-state index < -0.39 is 51.2 Å². The number of hydrogen-bond acceptors (Lipinski definition) is 4. The van der Waals surface area contributed by atoms with Crippen LogP contribution in [0.25, 0.3) is 0 Å². The molecule has 0 bridgehead atoms. The van der Waals surface area contributed by atoms with Gasteiger partial charge in [0.05, 0.1) is 34.7 Å². The zero-order valence-corrected chi connectivity index (χ0v) is 19.7. The Morgan fingerprint density at radius 1 is 1.03 bits per heavy atom. The molecule has 0 aromatic heterocycles. The molecular weight excluding hydrogens is 515 g/mol. The van der Waals surface area contributed by atoms with Gasteiger partial charge in [-0.1, -0.05) is 11.6 Å². The predicted octanol–water partition coefficient (Wildman–Crippen LogP) is 4.98. The molecule has 34 heavy (non-hydrogen) atoms. The Morgan fingerprint density at radius 3 is 2.41 bits per heavy atom. The number of rotatable bonds is 6. The van der Waals surface area contributed by atoms with E-state index in [1.165, 1.54) is 18.2 Å². The number of carbonyl (C=O) groups is 3. The van der Waals surface area contributed by atoms with E-state index in [2.05, 4.69) is 16.0 Å². The van der Waals surface area contributed by atoms with Gasteiger partial charge in [0.1, 0.15) is 15.8 Å². The third kappa shape index (κ3) is 5.27. The van der Waals surface area contributed by atoms with Crippen LogP contribution in [0.2, 0.25) is 5.02 Å². The normalized spacial score (nSPS) is 20.5. The molecule has 2 unspecified atom stereocenters. The maximum Gasteiger partial charge on any atom is 0.257 e. The maximum atomic E-state index is 15.0. The lowest BCUT2D eigenvalue weighted by atomic mass is 10.1. The van der Waals surface area contributed by atoms with Gasteiger partial charge < -0.3 is 20.7 Å². The second kappa shape index (κ2) is 9.65. The molecule has 2 aromatic rings. The first-order valence-electron chi connectivity index (χ1n) is 10.2. The molecule has 180 valence electrons. The van der Waals surface area contributed by atoms with Gasteiger partial charge in [0, 0.05) is 12.3 Å². The first-order chi connectivity index (χ1) is 16.1. The van der Waals surface area contributed by atoms with Crippen molar-refractivity contribution in [3.05, 3.63) is 52.6 Å². The smallest absolute Gasteiger partial charge is 0.257 e. The van der Waals surface area contributed by atoms with Crippen molar-refractivity contribution in [1.29, 1.82) is 0 Å². The summed E-state index contributed by atoms with van der Waals surface area (Å²) in [6, 6.07) is 6.08. The number of halogens is 5. The second-order valence-corrected chi connectivity index (χ2v) is 9.94. The van der Waals surface area contributed by atoms with Gasteiger partial charge in [-0.3, -0.25) is 14.4 Å². The molecule has 0 spiro atoms. The number of anilines is 3. The molecular formula is C22H18Cl3F2N3O4. The van der Waals surface area contributed by atoms with Gasteiger partial charge in [-0.2, -0.15) is 0 Å². The summed E-state index contributed by atoms with van der Waals surface area (Å²) in [6.07, 6.45) is 0.744. The summed E-state index contributed by atoms with van der Waals surface area (Å²) in [5.41, 5.74) is -0.878. The van der Waals surface area contributed by atoms with Crippen molar-refractivity contribution in [2.45, 2.75) is 17.2 Å². The van der Waals surface area contributed by atoms with Crippen LogP contribution in [-0.2, 0) is 14.3 Å². The quantitative estimate of drug-likeness (QED) is 0.457. The van der Waals surface area contributed by atoms with Crippen molar-refractivity contribution in [1.82, 2.24) is 0 Å². The zero-order chi connectivity index (χ0) is 24.6. The molecule has 7 nitrogen and oxygen atoms in total. The van der Waals surface area contributed by atoms with Crippen molar-refractivity contribution >= 4 is 69.6 Å². The van der Waals surface area contributed by atoms with Crippen molar-refractivity contribution in [3.8, 4) is 0 Å². The van der Waals surface area contributed by atoms with Gasteiger partial charge >= 0.3 is 0 Å². The molecule has 12 heteroatoms. The standard InChI is InChI=1S/C22H18Cl3F2N3O4/c23-14-2-1-11(28-21(33)13-8-22(13,24)25)7-12(14)20(32)29-16-4-3-15(26)18(17(16)27)30-19(31)10-5-6-34-9-10/h1-4,7,10,13H,5-6,8-9H2,(H,28,33)(H,29,32)(H,30,31). The van der Waals surface area contributed by atoms with Crippen molar-refractivity contribution in [2.75, 3.05) is 29.2 Å². The van der Waals surface area contributed by atoms with E-state index in [1.807, 2.05) is 0 Å². The van der Waals surface area contributed by atoms with Crippen molar-refractivity contribution in [2.24, 2.45) is 11.8 Å². The monoisotopic (exact) mass is 531 g/mol. The minimum atomic E-state index is -1.16. The number of nitrogens with one attached hydrogen (secondary N) is 3. The van der Waals surface area contributed by atoms with Crippen molar-refractivity contribution < 1.29 is 27.9 Å². The predicted molar refractivity (Wildman–Crippen MR) is 124 cm³/mol. The largest absolute Gasteiger partial charge is 0.381 e. The van der Waals surface area contributed by atoms with Gasteiger partial charge in [-0.05, 0) is 43.2 Å². The van der Waals surface area contributed by atoms with Crippen LogP contribution in [0.15, 0.2) is 30.3 Å². The van der Waals surface area contributed by atoms with E-state index >= 15 is 0 Å². The molecule has 3 amide bonds. The number of alkyl halides is 2. The number of ether oxygens (including phenoxy) is 1. The molecule has 1 aliphatic heterocycles. The summed E-state index contributed by atoms with van der Waals surface area (Å²) in [5.74, 6) is -5.08. The lowest BCUT2D eigenvalue weighted by molar-refractivity contribution is -0.120. The summed E-state index contributed by atoms with van der Waals surface area (Å²) in [6.45, 7) is 0.549. The summed E-state index contributed by atoms with van der Waals surface area (Å²) in [7, 11) is 0. The third-order valence-corrected chi connectivity index (χ3v) is 6.67. The molecule has 2 fully saturated rings. The van der Waals surface area contributed by atoms with Gasteiger partial charge in [0.2, 0.25) is 11.8 Å². The number of amides is 3. The highest BCUT2D eigenvalue weighted by atomic mass is 35.5. The minimum absolute atomic E-state index is 0.0308. The maximum absolute atomic E-state index is 15.0. The summed E-state index contributed by atoms with van der Waals surface area (Å²) in [5, 5.41) is 7.16. The third-order valence-electron chi connectivity index (χ3n) is 5.51. The van der Waals surface area contributed by atoms with E-state index in [1.54, 1.807) is 0 Å². The Kier molecular flexibility index (Phi) is 7.00. The van der Waals surface area contributed by atoms with Crippen LogP contribution in [0.3, 0.4) is 0 Å². The Labute approximate surface area is 208 Å². The molecule has 2 aliphatic rings. The first-order valence-corrected chi connectivity index (χ1v) is 11.4. The average Bonchev–Trinajstić information content (AvgIpc) is 3.16. The fraction of sp³-hybridized carbons (Fsp3) is 0.318. The molecule has 2 atom stereocenters. The van der Waals surface area contributed by atoms with E-state index in [4.69, 9.17) is 39.5 Å². The van der Waals surface area contributed by atoms with E-state index in [-0.39, 0.29) is 28.6 Å². The number of benzene rings is 2. The van der Waals surface area contributed by atoms with Crippen LogP contribution >= 0.6 is 34.8 Å². The average molecular weight is 533 g/mol. The van der Waals surface area contributed by atoms with Gasteiger partial charge in [-0.15, -0.1) is 23.2 Å². The summed E-state index contributed by atoms with van der Waals surface area (Å²) >= 11 is 17.9. The second-order valence-electron chi connectivity index (χ2n) is 7.99. The summed E-state index contributed by atoms with van der Waals surface area (Å²) in [4.78, 5) is 37.2. The Balaban J connectivity index is 1.50. The van der Waals surface area contributed by atoms with Gasteiger partial charge in [0.25, 0.3) is 5.91 Å². The summed E-state index contributed by atoms with van der Waals surface area (Å²) < 4.78 is 33.2. The van der Waals surface area contributed by atoms with E-state index in [0.29, 0.717) is 19.4 Å².